The van der Waals surface area contributed by atoms with Gasteiger partial charge in [0, 0.05) is 12.1 Å². The molecule has 3 atom stereocenters. The zero-order chi connectivity index (χ0) is 29.4. The minimum absolute atomic E-state index is 0.0932. The molecule has 0 aliphatic rings. The second-order valence-electron chi connectivity index (χ2n) is 12.7. The maximum atomic E-state index is 14.4. The van der Waals surface area contributed by atoms with E-state index in [1.807, 2.05) is 66.7 Å². The molecule has 3 amide bonds. The first-order chi connectivity index (χ1) is 17.4. The van der Waals surface area contributed by atoms with Gasteiger partial charge in [0.15, 0.2) is 0 Å². The summed E-state index contributed by atoms with van der Waals surface area (Å²) in [5, 5.41) is 5.88. The molecule has 216 valence electrons. The van der Waals surface area contributed by atoms with Crippen molar-refractivity contribution in [2.24, 2.45) is 11.8 Å². The van der Waals surface area contributed by atoms with E-state index in [2.05, 4.69) is 24.5 Å². The number of benzene rings is 1. The molecule has 1 aromatic rings. The minimum atomic E-state index is -0.831. The first-order valence-corrected chi connectivity index (χ1v) is 14.1. The number of aryl methyl sites for hydroxylation is 1. The van der Waals surface area contributed by atoms with Crippen LogP contribution in [0, 0.1) is 25.7 Å². The molecule has 0 saturated carbocycles. The summed E-state index contributed by atoms with van der Waals surface area (Å²) in [6.07, 6.45) is 1.43. The summed E-state index contributed by atoms with van der Waals surface area (Å²) < 4.78 is 5.50. The van der Waals surface area contributed by atoms with Gasteiger partial charge in [-0.15, -0.1) is 0 Å². The molecule has 2 N–H and O–H groups in total. The van der Waals surface area contributed by atoms with Crippen molar-refractivity contribution in [3.05, 3.63) is 34.9 Å². The van der Waals surface area contributed by atoms with Gasteiger partial charge in [0.1, 0.15) is 17.7 Å². The van der Waals surface area contributed by atoms with Crippen molar-refractivity contribution in [3.8, 4) is 0 Å². The summed E-state index contributed by atoms with van der Waals surface area (Å²) in [6.45, 7) is 23.5. The summed E-state index contributed by atoms with van der Waals surface area (Å²) in [6, 6.07) is 3.89. The Kier molecular flexibility index (Phi) is 12.8. The highest BCUT2D eigenvalue weighted by atomic mass is 16.6. The molecule has 0 bridgehead atoms. The summed E-state index contributed by atoms with van der Waals surface area (Å²) in [7, 11) is 0. The van der Waals surface area contributed by atoms with E-state index in [0.717, 1.165) is 29.5 Å². The number of carbonyl (C=O) groups excluding carboxylic acids is 3. The monoisotopic (exact) mass is 531 g/mol. The highest BCUT2D eigenvalue weighted by molar-refractivity contribution is 5.92. The molecule has 0 aliphatic carbocycles. The molecule has 0 fully saturated rings. The van der Waals surface area contributed by atoms with Crippen LogP contribution in [0.5, 0.6) is 0 Å². The van der Waals surface area contributed by atoms with Gasteiger partial charge in [-0.1, -0.05) is 45.9 Å². The molecule has 0 heterocycles. The van der Waals surface area contributed by atoms with Crippen molar-refractivity contribution < 1.29 is 19.1 Å². The van der Waals surface area contributed by atoms with E-state index in [1.165, 1.54) is 0 Å². The Morgan fingerprint density at radius 2 is 1.50 bits per heavy atom. The Labute approximate surface area is 231 Å². The van der Waals surface area contributed by atoms with Crippen LogP contribution in [-0.2, 0) is 14.3 Å². The topological polar surface area (TPSA) is 87.7 Å². The van der Waals surface area contributed by atoms with Gasteiger partial charge in [-0.2, -0.15) is 0 Å². The van der Waals surface area contributed by atoms with Gasteiger partial charge in [0.05, 0.1) is 0 Å². The number of hydrogen-bond acceptors (Lipinski definition) is 4. The Morgan fingerprint density at radius 1 is 0.895 bits per heavy atom. The van der Waals surface area contributed by atoms with E-state index in [4.69, 9.17) is 4.74 Å². The summed E-state index contributed by atoms with van der Waals surface area (Å²) in [5.74, 6) is 0.0874. The number of nitrogens with one attached hydrogen (secondary N) is 2. The van der Waals surface area contributed by atoms with Crippen molar-refractivity contribution in [1.82, 2.24) is 15.5 Å². The van der Waals surface area contributed by atoms with E-state index < -0.39 is 23.8 Å². The zero-order valence-electron chi connectivity index (χ0n) is 25.9. The molecule has 1 rings (SSSR count). The Morgan fingerprint density at radius 3 is 2.00 bits per heavy atom. The largest absolute Gasteiger partial charge is 0.444 e. The molecular formula is C31H53N3O4. The Balaban J connectivity index is 3.70. The molecule has 0 radical (unpaired) electrons. The zero-order valence-corrected chi connectivity index (χ0v) is 25.9. The number of amides is 3. The highest BCUT2D eigenvalue weighted by Gasteiger charge is 2.39. The minimum Gasteiger partial charge on any atom is -0.444 e. The fourth-order valence-electron chi connectivity index (χ4n) is 4.49. The van der Waals surface area contributed by atoms with Crippen LogP contribution in [-0.4, -0.2) is 46.5 Å². The van der Waals surface area contributed by atoms with Gasteiger partial charge in [0.25, 0.3) is 0 Å². The third-order valence-corrected chi connectivity index (χ3v) is 6.49. The lowest BCUT2D eigenvalue weighted by Gasteiger charge is -2.40. The molecular weight excluding hydrogens is 478 g/mol. The van der Waals surface area contributed by atoms with Crippen molar-refractivity contribution in [1.29, 1.82) is 0 Å². The van der Waals surface area contributed by atoms with Crippen molar-refractivity contribution in [2.45, 2.75) is 132 Å². The van der Waals surface area contributed by atoms with Crippen LogP contribution in [0.2, 0.25) is 0 Å². The number of carbonyl (C=O) groups is 3. The van der Waals surface area contributed by atoms with Crippen LogP contribution in [0.4, 0.5) is 4.79 Å². The lowest BCUT2D eigenvalue weighted by atomic mass is 9.92. The molecule has 38 heavy (non-hydrogen) atoms. The van der Waals surface area contributed by atoms with E-state index in [0.29, 0.717) is 12.3 Å². The SMILES string of the molecule is Cc1cccc(C(C(=O)NC(C)C)N(C(=O)C(CC(C)C)NC(=O)OC(C)(C)C)C(C)CCC(C)C)c1C. The first-order valence-electron chi connectivity index (χ1n) is 14.1. The van der Waals surface area contributed by atoms with Gasteiger partial charge < -0.3 is 20.3 Å². The quantitative estimate of drug-likeness (QED) is 0.324. The van der Waals surface area contributed by atoms with Crippen LogP contribution in [0.1, 0.15) is 111 Å². The average molecular weight is 532 g/mol. The van der Waals surface area contributed by atoms with Crippen molar-refractivity contribution in [2.75, 3.05) is 0 Å². The fourth-order valence-corrected chi connectivity index (χ4v) is 4.49. The van der Waals surface area contributed by atoms with Gasteiger partial charge in [-0.05, 0) is 103 Å². The van der Waals surface area contributed by atoms with Crippen LogP contribution >= 0.6 is 0 Å². The van der Waals surface area contributed by atoms with Gasteiger partial charge >= 0.3 is 6.09 Å². The fraction of sp³-hybridized carbons (Fsp3) is 0.710. The summed E-state index contributed by atoms with van der Waals surface area (Å²) >= 11 is 0. The third-order valence-electron chi connectivity index (χ3n) is 6.49. The van der Waals surface area contributed by atoms with Crippen LogP contribution in [0.25, 0.3) is 0 Å². The number of ether oxygens (including phenoxy) is 1. The molecule has 0 spiro atoms. The number of alkyl carbamates (subject to hydrolysis) is 1. The summed E-state index contributed by atoms with van der Waals surface area (Å²) in [5.41, 5.74) is 2.13. The summed E-state index contributed by atoms with van der Waals surface area (Å²) in [4.78, 5) is 42.8. The third kappa shape index (κ3) is 10.7. The number of hydrogen-bond donors (Lipinski definition) is 2. The van der Waals surface area contributed by atoms with Crippen molar-refractivity contribution >= 4 is 17.9 Å². The Hall–Kier alpha value is -2.57. The lowest BCUT2D eigenvalue weighted by Crippen LogP contribution is -2.56. The normalized spacial score (nSPS) is 14.3. The molecule has 0 aliphatic heterocycles. The lowest BCUT2D eigenvalue weighted by molar-refractivity contribution is -0.145. The predicted octanol–water partition coefficient (Wildman–Crippen LogP) is 6.46. The van der Waals surface area contributed by atoms with E-state index >= 15 is 0 Å². The van der Waals surface area contributed by atoms with E-state index in [9.17, 15) is 14.4 Å². The Bertz CT molecular complexity index is 934. The highest BCUT2D eigenvalue weighted by Crippen LogP contribution is 2.31. The number of nitrogens with zero attached hydrogens (tertiary/aromatic N) is 1. The predicted molar refractivity (Wildman–Crippen MR) is 155 cm³/mol. The van der Waals surface area contributed by atoms with Crippen LogP contribution in [0.3, 0.4) is 0 Å². The maximum absolute atomic E-state index is 14.4. The standard InChI is InChI=1S/C31H53N3O4/c1-19(2)16-17-23(8)34(29(36)26(18-20(3)4)33-30(37)38-31(10,11)12)27(28(35)32-21(5)6)25-15-13-14-22(7)24(25)9/h13-15,19-21,23,26-27H,16-18H2,1-12H3,(H,32,35)(H,33,37). The molecule has 0 aromatic heterocycles. The molecule has 1 aromatic carbocycles. The maximum Gasteiger partial charge on any atom is 0.408 e. The second kappa shape index (κ2) is 14.5. The van der Waals surface area contributed by atoms with Crippen molar-refractivity contribution in [3.63, 3.8) is 0 Å². The van der Waals surface area contributed by atoms with E-state index in [-0.39, 0.29) is 29.8 Å². The van der Waals surface area contributed by atoms with Gasteiger partial charge in [-0.25, -0.2) is 4.79 Å². The molecule has 7 nitrogen and oxygen atoms in total. The molecule has 0 saturated heterocycles. The van der Waals surface area contributed by atoms with E-state index in [1.54, 1.807) is 25.7 Å². The first kappa shape index (κ1) is 33.5. The van der Waals surface area contributed by atoms with Crippen LogP contribution < -0.4 is 10.6 Å². The van der Waals surface area contributed by atoms with Crippen LogP contribution in [0.15, 0.2) is 18.2 Å². The van der Waals surface area contributed by atoms with Gasteiger partial charge in [0.2, 0.25) is 11.8 Å². The molecule has 7 heteroatoms. The molecule has 3 unspecified atom stereocenters. The second-order valence-corrected chi connectivity index (χ2v) is 12.7. The smallest absolute Gasteiger partial charge is 0.408 e. The average Bonchev–Trinajstić information content (AvgIpc) is 2.75. The van der Waals surface area contributed by atoms with Gasteiger partial charge in [-0.3, -0.25) is 9.59 Å². The number of rotatable bonds is 12.